The van der Waals surface area contributed by atoms with Crippen LogP contribution in [0.2, 0.25) is 0 Å². The predicted octanol–water partition coefficient (Wildman–Crippen LogP) is 1.12. The number of sulfone groups is 1. The number of nitrogens with zero attached hydrogens (tertiary/aromatic N) is 1. The van der Waals surface area contributed by atoms with Gasteiger partial charge in [0.1, 0.15) is 9.84 Å². The molecule has 5 heteroatoms. The Morgan fingerprint density at radius 2 is 2.21 bits per heavy atom. The molecule has 0 spiro atoms. The molecule has 84 valence electrons. The first kappa shape index (κ1) is 12.3. The van der Waals surface area contributed by atoms with Crippen LogP contribution in [0.25, 0.3) is 0 Å². The zero-order valence-corrected chi connectivity index (χ0v) is 10.1. The van der Waals surface area contributed by atoms with Crippen molar-refractivity contribution in [1.82, 2.24) is 4.90 Å². The molecule has 1 fully saturated rings. The topological polar surface area (TPSA) is 37.4 Å². The lowest BCUT2D eigenvalue weighted by atomic mass is 10.2. The fourth-order valence-electron chi connectivity index (χ4n) is 1.89. The van der Waals surface area contributed by atoms with E-state index in [9.17, 15) is 8.42 Å². The molecule has 0 aromatic heterocycles. The van der Waals surface area contributed by atoms with Gasteiger partial charge >= 0.3 is 0 Å². The first-order valence-corrected chi connectivity index (χ1v) is 7.60. The van der Waals surface area contributed by atoms with Crippen molar-refractivity contribution in [1.29, 1.82) is 0 Å². The van der Waals surface area contributed by atoms with E-state index in [0.29, 0.717) is 17.7 Å². The SMILES string of the molecule is CS(=O)(=O)CCCN1CCCC1CCl. The highest BCUT2D eigenvalue weighted by Crippen LogP contribution is 2.18. The number of hydrogen-bond donors (Lipinski definition) is 0. The molecule has 0 saturated carbocycles. The van der Waals surface area contributed by atoms with Crippen molar-refractivity contribution in [2.45, 2.75) is 25.3 Å². The Balaban J connectivity index is 2.24. The molecule has 1 unspecified atom stereocenters. The minimum absolute atomic E-state index is 0.290. The summed E-state index contributed by atoms with van der Waals surface area (Å²) in [5.41, 5.74) is 0. The van der Waals surface area contributed by atoms with Gasteiger partial charge < -0.3 is 0 Å². The normalized spacial score (nSPS) is 24.3. The summed E-state index contributed by atoms with van der Waals surface area (Å²) in [5.74, 6) is 0.956. The van der Waals surface area contributed by atoms with Gasteiger partial charge in [0.05, 0.1) is 5.75 Å². The Kier molecular flexibility index (Phi) is 4.67. The minimum atomic E-state index is -2.80. The number of alkyl halides is 1. The Labute approximate surface area is 91.3 Å². The van der Waals surface area contributed by atoms with Gasteiger partial charge in [-0.25, -0.2) is 8.42 Å². The Hall–Kier alpha value is 0.200. The lowest BCUT2D eigenvalue weighted by molar-refractivity contribution is 0.272. The second-order valence-electron chi connectivity index (χ2n) is 3.97. The van der Waals surface area contributed by atoms with Crippen molar-refractivity contribution in [3.63, 3.8) is 0 Å². The zero-order valence-electron chi connectivity index (χ0n) is 8.58. The second kappa shape index (κ2) is 5.33. The highest BCUT2D eigenvalue weighted by Gasteiger charge is 2.22. The molecule has 0 aliphatic carbocycles. The Bertz CT molecular complexity index is 266. The molecule has 3 nitrogen and oxygen atoms in total. The standard InChI is InChI=1S/C9H18ClNO2S/c1-14(12,13)7-3-6-11-5-2-4-9(11)8-10/h9H,2-8H2,1H3. The molecule has 1 rings (SSSR count). The molecular weight excluding hydrogens is 222 g/mol. The van der Waals surface area contributed by atoms with Crippen molar-refractivity contribution in [2.24, 2.45) is 0 Å². The first-order chi connectivity index (χ1) is 6.53. The van der Waals surface area contributed by atoms with Crippen LogP contribution >= 0.6 is 11.6 Å². The van der Waals surface area contributed by atoms with Crippen molar-refractivity contribution in [3.8, 4) is 0 Å². The summed E-state index contributed by atoms with van der Waals surface area (Å²) in [4.78, 5) is 2.30. The van der Waals surface area contributed by atoms with Crippen LogP contribution < -0.4 is 0 Å². The summed E-state index contributed by atoms with van der Waals surface area (Å²) < 4.78 is 21.8. The molecule has 0 amide bonds. The van der Waals surface area contributed by atoms with E-state index >= 15 is 0 Å². The average Bonchev–Trinajstić information content (AvgIpc) is 2.49. The molecule has 1 heterocycles. The van der Waals surface area contributed by atoms with Crippen LogP contribution in [0.4, 0.5) is 0 Å². The van der Waals surface area contributed by atoms with Gasteiger partial charge in [0, 0.05) is 18.2 Å². The van der Waals surface area contributed by atoms with E-state index < -0.39 is 9.84 Å². The molecule has 0 aromatic carbocycles. The molecule has 0 bridgehead atoms. The van der Waals surface area contributed by atoms with E-state index in [1.54, 1.807) is 0 Å². The minimum Gasteiger partial charge on any atom is -0.299 e. The third-order valence-corrected chi connectivity index (χ3v) is 4.02. The van der Waals surface area contributed by atoms with Gasteiger partial charge in [-0.1, -0.05) is 0 Å². The summed E-state index contributed by atoms with van der Waals surface area (Å²) in [7, 11) is -2.80. The maximum atomic E-state index is 10.9. The van der Waals surface area contributed by atoms with Crippen molar-refractivity contribution in [3.05, 3.63) is 0 Å². The van der Waals surface area contributed by atoms with E-state index in [1.807, 2.05) is 0 Å². The van der Waals surface area contributed by atoms with Gasteiger partial charge in [-0.3, -0.25) is 4.90 Å². The van der Waals surface area contributed by atoms with Crippen LogP contribution in [-0.4, -0.2) is 50.3 Å². The molecular formula is C9H18ClNO2S. The predicted molar refractivity (Wildman–Crippen MR) is 59.6 cm³/mol. The van der Waals surface area contributed by atoms with Gasteiger partial charge in [-0.2, -0.15) is 0 Å². The molecule has 0 N–H and O–H groups in total. The molecule has 0 radical (unpaired) electrons. The van der Waals surface area contributed by atoms with Crippen LogP contribution in [0, 0.1) is 0 Å². The van der Waals surface area contributed by atoms with E-state index in [0.717, 1.165) is 25.9 Å². The summed E-state index contributed by atoms with van der Waals surface area (Å²) in [6.45, 7) is 1.94. The van der Waals surface area contributed by atoms with E-state index in [2.05, 4.69) is 4.90 Å². The lowest BCUT2D eigenvalue weighted by Gasteiger charge is -2.21. The van der Waals surface area contributed by atoms with E-state index in [-0.39, 0.29) is 0 Å². The zero-order chi connectivity index (χ0) is 10.6. The smallest absolute Gasteiger partial charge is 0.147 e. The third-order valence-electron chi connectivity index (χ3n) is 2.64. The highest BCUT2D eigenvalue weighted by atomic mass is 35.5. The van der Waals surface area contributed by atoms with E-state index in [4.69, 9.17) is 11.6 Å². The molecule has 1 aliphatic rings. The van der Waals surface area contributed by atoms with Gasteiger partial charge in [-0.15, -0.1) is 11.6 Å². The van der Waals surface area contributed by atoms with Gasteiger partial charge in [0.2, 0.25) is 0 Å². The van der Waals surface area contributed by atoms with Crippen molar-refractivity contribution in [2.75, 3.05) is 31.0 Å². The molecule has 0 aromatic rings. The maximum Gasteiger partial charge on any atom is 0.147 e. The summed E-state index contributed by atoms with van der Waals surface area (Å²) in [5, 5.41) is 0. The van der Waals surface area contributed by atoms with Crippen LogP contribution in [0.15, 0.2) is 0 Å². The number of likely N-dealkylation sites (tertiary alicyclic amines) is 1. The number of hydrogen-bond acceptors (Lipinski definition) is 3. The summed E-state index contributed by atoms with van der Waals surface area (Å²) in [6.07, 6.45) is 4.36. The maximum absolute atomic E-state index is 10.9. The van der Waals surface area contributed by atoms with Crippen LogP contribution in [-0.2, 0) is 9.84 Å². The second-order valence-corrected chi connectivity index (χ2v) is 6.54. The van der Waals surface area contributed by atoms with Crippen LogP contribution in [0.5, 0.6) is 0 Å². The fourth-order valence-corrected chi connectivity index (χ4v) is 2.90. The molecule has 1 atom stereocenters. The largest absolute Gasteiger partial charge is 0.299 e. The van der Waals surface area contributed by atoms with Crippen molar-refractivity contribution >= 4 is 21.4 Å². The average molecular weight is 240 g/mol. The Morgan fingerprint density at radius 3 is 2.79 bits per heavy atom. The summed E-state index contributed by atoms with van der Waals surface area (Å²) >= 11 is 5.81. The molecule has 1 saturated heterocycles. The number of rotatable bonds is 5. The fraction of sp³-hybridized carbons (Fsp3) is 1.00. The first-order valence-electron chi connectivity index (χ1n) is 5.00. The molecule has 1 aliphatic heterocycles. The third kappa shape index (κ3) is 4.15. The van der Waals surface area contributed by atoms with Crippen molar-refractivity contribution < 1.29 is 8.42 Å². The molecule has 14 heavy (non-hydrogen) atoms. The monoisotopic (exact) mass is 239 g/mol. The Morgan fingerprint density at radius 1 is 1.50 bits per heavy atom. The number of halogens is 1. The van der Waals surface area contributed by atoms with Crippen LogP contribution in [0.3, 0.4) is 0 Å². The van der Waals surface area contributed by atoms with Gasteiger partial charge in [-0.05, 0) is 32.4 Å². The summed E-state index contributed by atoms with van der Waals surface area (Å²) in [6, 6.07) is 0.469. The van der Waals surface area contributed by atoms with Gasteiger partial charge in [0.25, 0.3) is 0 Å². The highest BCUT2D eigenvalue weighted by molar-refractivity contribution is 7.90. The lowest BCUT2D eigenvalue weighted by Crippen LogP contribution is -2.32. The van der Waals surface area contributed by atoms with E-state index in [1.165, 1.54) is 12.7 Å². The van der Waals surface area contributed by atoms with Crippen LogP contribution in [0.1, 0.15) is 19.3 Å². The van der Waals surface area contributed by atoms with Gasteiger partial charge in [0.15, 0.2) is 0 Å². The quantitative estimate of drug-likeness (QED) is 0.675.